The van der Waals surface area contributed by atoms with Crippen molar-refractivity contribution in [3.05, 3.63) is 29.8 Å². The topological polar surface area (TPSA) is 93.7 Å². The van der Waals surface area contributed by atoms with Crippen LogP contribution in [0.3, 0.4) is 0 Å². The lowest BCUT2D eigenvalue weighted by Crippen LogP contribution is -2.47. The Bertz CT molecular complexity index is 588. The highest BCUT2D eigenvalue weighted by Crippen LogP contribution is 2.17. The molecule has 1 rings (SSSR count). The van der Waals surface area contributed by atoms with Crippen LogP contribution in [0.5, 0.6) is 0 Å². The molecule has 1 aromatic carbocycles. The molecule has 0 fully saturated rings. The number of hydrogen-bond acceptors (Lipinski definition) is 5. The maximum absolute atomic E-state index is 12.2. The monoisotopic (exact) mass is 336 g/mol. The van der Waals surface area contributed by atoms with Crippen molar-refractivity contribution in [3.63, 3.8) is 0 Å². The first-order valence-electron chi connectivity index (χ1n) is 7.86. The summed E-state index contributed by atoms with van der Waals surface area (Å²) >= 11 is 0. The highest BCUT2D eigenvalue weighted by molar-refractivity contribution is 6.01. The summed E-state index contributed by atoms with van der Waals surface area (Å²) in [7, 11) is 1.27. The lowest BCUT2D eigenvalue weighted by atomic mass is 9.99. The first kappa shape index (κ1) is 19.5. The van der Waals surface area contributed by atoms with Gasteiger partial charge in [-0.15, -0.1) is 0 Å². The fourth-order valence-electron chi connectivity index (χ4n) is 2.07. The molecule has 2 atom stereocenters. The molecule has 0 spiro atoms. The number of benzene rings is 1. The Hall–Kier alpha value is -2.57. The lowest BCUT2D eigenvalue weighted by molar-refractivity contribution is -0.144. The summed E-state index contributed by atoms with van der Waals surface area (Å²) in [5.74, 6) is -1.14. The number of esters is 2. The van der Waals surface area contributed by atoms with Gasteiger partial charge in [0.2, 0.25) is 0 Å². The number of carbonyl (C=O) groups excluding carboxylic acids is 3. The predicted molar refractivity (Wildman–Crippen MR) is 89.8 cm³/mol. The SMILES string of the molecule is CCOC(=O)c1ccccc1NC(=O)NC(C(=O)OC)C(C)CC. The van der Waals surface area contributed by atoms with Crippen LogP contribution in [0.1, 0.15) is 37.6 Å². The van der Waals surface area contributed by atoms with E-state index in [-0.39, 0.29) is 18.1 Å². The van der Waals surface area contributed by atoms with Gasteiger partial charge in [0.05, 0.1) is 25.0 Å². The van der Waals surface area contributed by atoms with Crippen LogP contribution < -0.4 is 10.6 Å². The minimum absolute atomic E-state index is 0.0940. The average Bonchev–Trinajstić information content (AvgIpc) is 2.59. The fraction of sp³-hybridized carbons (Fsp3) is 0.471. The molecule has 2 unspecified atom stereocenters. The van der Waals surface area contributed by atoms with E-state index in [1.807, 2.05) is 13.8 Å². The molecule has 132 valence electrons. The van der Waals surface area contributed by atoms with E-state index in [4.69, 9.17) is 9.47 Å². The Morgan fingerprint density at radius 1 is 1.17 bits per heavy atom. The van der Waals surface area contributed by atoms with Crippen molar-refractivity contribution in [2.75, 3.05) is 19.0 Å². The normalized spacial score (nSPS) is 12.7. The van der Waals surface area contributed by atoms with Crippen LogP contribution >= 0.6 is 0 Å². The molecule has 2 amide bonds. The van der Waals surface area contributed by atoms with E-state index >= 15 is 0 Å². The first-order valence-corrected chi connectivity index (χ1v) is 7.86. The maximum atomic E-state index is 12.2. The van der Waals surface area contributed by atoms with E-state index in [1.54, 1.807) is 31.2 Å². The molecule has 7 heteroatoms. The van der Waals surface area contributed by atoms with Gasteiger partial charge in [0, 0.05) is 0 Å². The van der Waals surface area contributed by atoms with Gasteiger partial charge in [0.1, 0.15) is 6.04 Å². The first-order chi connectivity index (χ1) is 11.4. The van der Waals surface area contributed by atoms with E-state index in [9.17, 15) is 14.4 Å². The second kappa shape index (κ2) is 9.54. The van der Waals surface area contributed by atoms with E-state index < -0.39 is 24.0 Å². The fourth-order valence-corrected chi connectivity index (χ4v) is 2.07. The van der Waals surface area contributed by atoms with Gasteiger partial charge in [-0.05, 0) is 25.0 Å². The van der Waals surface area contributed by atoms with E-state index in [0.29, 0.717) is 12.1 Å². The van der Waals surface area contributed by atoms with Gasteiger partial charge >= 0.3 is 18.0 Å². The number of carbonyl (C=O) groups is 3. The van der Waals surface area contributed by atoms with E-state index in [1.165, 1.54) is 7.11 Å². The minimum Gasteiger partial charge on any atom is -0.467 e. The molecule has 0 aliphatic rings. The van der Waals surface area contributed by atoms with Crippen molar-refractivity contribution in [2.45, 2.75) is 33.2 Å². The third-order valence-electron chi connectivity index (χ3n) is 3.63. The molecule has 0 aliphatic carbocycles. The molecule has 0 bridgehead atoms. The number of para-hydroxylation sites is 1. The van der Waals surface area contributed by atoms with Crippen molar-refractivity contribution in [3.8, 4) is 0 Å². The van der Waals surface area contributed by atoms with Crippen molar-refractivity contribution >= 4 is 23.7 Å². The van der Waals surface area contributed by atoms with Gasteiger partial charge < -0.3 is 20.1 Å². The van der Waals surface area contributed by atoms with Gasteiger partial charge in [0.25, 0.3) is 0 Å². The van der Waals surface area contributed by atoms with Gasteiger partial charge in [-0.3, -0.25) is 0 Å². The van der Waals surface area contributed by atoms with Crippen molar-refractivity contribution < 1.29 is 23.9 Å². The molecule has 0 aliphatic heterocycles. The van der Waals surface area contributed by atoms with Crippen molar-refractivity contribution in [1.29, 1.82) is 0 Å². The predicted octanol–water partition coefficient (Wildman–Crippen LogP) is 2.57. The number of hydrogen-bond donors (Lipinski definition) is 2. The third-order valence-corrected chi connectivity index (χ3v) is 3.63. The Kier molecular flexibility index (Phi) is 7.74. The Balaban J connectivity index is 2.87. The summed E-state index contributed by atoms with van der Waals surface area (Å²) in [5, 5.41) is 5.17. The summed E-state index contributed by atoms with van der Waals surface area (Å²) in [6.07, 6.45) is 0.694. The van der Waals surface area contributed by atoms with Crippen molar-refractivity contribution in [1.82, 2.24) is 5.32 Å². The minimum atomic E-state index is -0.769. The van der Waals surface area contributed by atoms with Crippen LogP contribution in [0.15, 0.2) is 24.3 Å². The van der Waals surface area contributed by atoms with E-state index in [2.05, 4.69) is 10.6 Å². The second-order valence-corrected chi connectivity index (χ2v) is 5.25. The molecular weight excluding hydrogens is 312 g/mol. The summed E-state index contributed by atoms with van der Waals surface area (Å²) in [5.41, 5.74) is 0.550. The molecule has 0 aromatic heterocycles. The molecule has 1 aromatic rings. The highest BCUT2D eigenvalue weighted by Gasteiger charge is 2.27. The quantitative estimate of drug-likeness (QED) is 0.746. The molecule has 2 N–H and O–H groups in total. The Morgan fingerprint density at radius 3 is 2.42 bits per heavy atom. The largest absolute Gasteiger partial charge is 0.467 e. The maximum Gasteiger partial charge on any atom is 0.340 e. The number of ether oxygens (including phenoxy) is 2. The third kappa shape index (κ3) is 5.26. The van der Waals surface area contributed by atoms with Crippen LogP contribution in [0, 0.1) is 5.92 Å². The molecule has 0 saturated carbocycles. The van der Waals surface area contributed by atoms with Crippen LogP contribution in [0.25, 0.3) is 0 Å². The van der Waals surface area contributed by atoms with Crippen LogP contribution in [0.4, 0.5) is 10.5 Å². The number of methoxy groups -OCH3 is 1. The average molecular weight is 336 g/mol. The van der Waals surface area contributed by atoms with Gasteiger partial charge in [-0.25, -0.2) is 14.4 Å². The lowest BCUT2D eigenvalue weighted by Gasteiger charge is -2.22. The number of urea groups is 1. The second-order valence-electron chi connectivity index (χ2n) is 5.25. The number of nitrogens with one attached hydrogen (secondary N) is 2. The zero-order valence-corrected chi connectivity index (χ0v) is 14.4. The molecule has 0 heterocycles. The van der Waals surface area contributed by atoms with Crippen LogP contribution in [-0.4, -0.2) is 37.7 Å². The zero-order chi connectivity index (χ0) is 18.1. The summed E-state index contributed by atoms with van der Waals surface area (Å²) in [4.78, 5) is 35.9. The summed E-state index contributed by atoms with van der Waals surface area (Å²) < 4.78 is 9.68. The molecular formula is C17H24N2O5. The number of anilines is 1. The van der Waals surface area contributed by atoms with E-state index in [0.717, 1.165) is 0 Å². The molecule has 0 radical (unpaired) electrons. The molecule has 0 saturated heterocycles. The van der Waals surface area contributed by atoms with Crippen molar-refractivity contribution in [2.24, 2.45) is 5.92 Å². The smallest absolute Gasteiger partial charge is 0.340 e. The number of rotatable bonds is 7. The highest BCUT2D eigenvalue weighted by atomic mass is 16.5. The van der Waals surface area contributed by atoms with Crippen LogP contribution in [0.2, 0.25) is 0 Å². The zero-order valence-electron chi connectivity index (χ0n) is 14.4. The standard InChI is InChI=1S/C17H24N2O5/c1-5-11(3)14(16(21)23-4)19-17(22)18-13-10-8-7-9-12(13)15(20)24-6-2/h7-11,14H,5-6H2,1-4H3,(H2,18,19,22). The Morgan fingerprint density at radius 2 is 1.83 bits per heavy atom. The van der Waals surface area contributed by atoms with Gasteiger partial charge in [0.15, 0.2) is 0 Å². The van der Waals surface area contributed by atoms with Crippen LogP contribution in [-0.2, 0) is 14.3 Å². The van der Waals surface area contributed by atoms with Gasteiger partial charge in [-0.1, -0.05) is 32.4 Å². The summed E-state index contributed by atoms with van der Waals surface area (Å²) in [6.45, 7) is 5.69. The number of amides is 2. The molecule has 24 heavy (non-hydrogen) atoms. The molecule has 7 nitrogen and oxygen atoms in total. The Labute approximate surface area is 141 Å². The van der Waals surface area contributed by atoms with Gasteiger partial charge in [-0.2, -0.15) is 0 Å². The summed E-state index contributed by atoms with van der Waals surface area (Å²) in [6, 6.07) is 5.14.